The van der Waals surface area contributed by atoms with Crippen LogP contribution in [-0.2, 0) is 39.5 Å². The van der Waals surface area contributed by atoms with Gasteiger partial charge in [-0.3, -0.25) is 16.7 Å². The summed E-state index contributed by atoms with van der Waals surface area (Å²) < 4.78 is 76.1. The molecule has 0 aromatic carbocycles. The van der Waals surface area contributed by atoms with Crippen molar-refractivity contribution in [3.63, 3.8) is 0 Å². The highest BCUT2D eigenvalue weighted by Crippen LogP contribution is 2.35. The van der Waals surface area contributed by atoms with Gasteiger partial charge in [0.05, 0.1) is 6.61 Å². The van der Waals surface area contributed by atoms with Crippen LogP contribution in [0.5, 0.6) is 0 Å². The van der Waals surface area contributed by atoms with Crippen molar-refractivity contribution in [1.29, 1.82) is 0 Å². The average molecular weight is 282 g/mol. The predicted molar refractivity (Wildman–Crippen MR) is 42.9 cm³/mol. The Bertz CT molecular complexity index is 333. The van der Waals surface area contributed by atoms with E-state index in [1.807, 2.05) is 0 Å². The second-order valence-electron chi connectivity index (χ2n) is 2.95. The van der Waals surface area contributed by atoms with E-state index in [4.69, 9.17) is 0 Å². The first-order chi connectivity index (χ1) is 7.38. The summed E-state index contributed by atoms with van der Waals surface area (Å²) in [5.41, 5.74) is 0. The molecule has 0 amide bonds. The molecule has 2 rings (SSSR count). The van der Waals surface area contributed by atoms with Gasteiger partial charge in [0.15, 0.2) is 0 Å². The van der Waals surface area contributed by atoms with Gasteiger partial charge in [-0.05, 0) is 0 Å². The lowest BCUT2D eigenvalue weighted by atomic mass is 10.1. The Morgan fingerprint density at radius 2 is 1.75 bits per heavy atom. The molecular formula is C5H5F3O6S2. The normalized spacial score (nSPS) is 45.1. The Hall–Kier alpha value is -0.0700. The molecule has 2 saturated heterocycles. The van der Waals surface area contributed by atoms with Gasteiger partial charge in [0.2, 0.25) is 6.10 Å². The van der Waals surface area contributed by atoms with Crippen LogP contribution in [0.25, 0.3) is 0 Å². The number of hydrogen-bond acceptors (Lipinski definition) is 6. The highest BCUT2D eigenvalue weighted by atomic mass is 32.2. The first-order valence-electron chi connectivity index (χ1n) is 3.93. The minimum atomic E-state index is -4.75. The van der Waals surface area contributed by atoms with Crippen molar-refractivity contribution < 1.29 is 38.3 Å². The minimum absolute atomic E-state index is 0.343. The number of halogens is 3. The highest BCUT2D eigenvalue weighted by molar-refractivity contribution is 7.75. The van der Waals surface area contributed by atoms with Gasteiger partial charge in [0, 0.05) is 0 Å². The standard InChI is InChI=1S/C5H5F3O6S2/c6-5(7,8)4-3(13-16(10)14-4)2-1-11-15(9)12-2/h2-4H,1H2. The van der Waals surface area contributed by atoms with E-state index in [9.17, 15) is 21.6 Å². The number of alkyl halides is 3. The SMILES string of the molecule is O=S1OCC(C2OS(=O)OC2C(F)(F)F)O1. The second kappa shape index (κ2) is 4.31. The molecule has 0 N–H and O–H groups in total. The van der Waals surface area contributed by atoms with Gasteiger partial charge in [-0.1, -0.05) is 0 Å². The van der Waals surface area contributed by atoms with Crippen molar-refractivity contribution in [2.45, 2.75) is 24.5 Å². The summed E-state index contributed by atoms with van der Waals surface area (Å²) in [5, 5.41) is 0. The van der Waals surface area contributed by atoms with Crippen LogP contribution in [0.15, 0.2) is 0 Å². The Balaban J connectivity index is 2.13. The van der Waals surface area contributed by atoms with Crippen molar-refractivity contribution in [3.05, 3.63) is 0 Å². The lowest BCUT2D eigenvalue weighted by molar-refractivity contribution is -0.207. The summed E-state index contributed by atoms with van der Waals surface area (Å²) in [7, 11) is 0. The van der Waals surface area contributed by atoms with Crippen LogP contribution in [0.2, 0.25) is 0 Å². The molecule has 94 valence electrons. The van der Waals surface area contributed by atoms with E-state index in [-0.39, 0.29) is 6.61 Å². The Kier molecular flexibility index (Phi) is 3.34. The van der Waals surface area contributed by atoms with Crippen LogP contribution < -0.4 is 0 Å². The fourth-order valence-electron chi connectivity index (χ4n) is 1.23. The Morgan fingerprint density at radius 1 is 1.06 bits per heavy atom. The molecule has 2 aliphatic rings. The highest BCUT2D eigenvalue weighted by Gasteiger charge is 2.57. The van der Waals surface area contributed by atoms with Gasteiger partial charge in [-0.15, -0.1) is 0 Å². The summed E-state index contributed by atoms with van der Waals surface area (Å²) in [6.45, 7) is -0.343. The molecule has 0 spiro atoms. The van der Waals surface area contributed by atoms with Crippen LogP contribution in [0.4, 0.5) is 13.2 Å². The first kappa shape index (κ1) is 12.4. The van der Waals surface area contributed by atoms with E-state index in [1.165, 1.54) is 0 Å². The summed E-state index contributed by atoms with van der Waals surface area (Å²) in [5.74, 6) is 0. The third-order valence-electron chi connectivity index (χ3n) is 1.89. The lowest BCUT2D eigenvalue weighted by Gasteiger charge is -2.20. The maximum atomic E-state index is 12.4. The van der Waals surface area contributed by atoms with Gasteiger partial charge >= 0.3 is 28.9 Å². The zero-order chi connectivity index (χ0) is 11.9. The largest absolute Gasteiger partial charge is 0.418 e. The minimum Gasteiger partial charge on any atom is -0.266 e. The zero-order valence-corrected chi connectivity index (χ0v) is 8.97. The molecule has 2 fully saturated rings. The molecule has 11 heteroatoms. The summed E-state index contributed by atoms with van der Waals surface area (Å²) in [6.07, 6.45) is -9.99. The molecule has 0 aromatic heterocycles. The summed E-state index contributed by atoms with van der Waals surface area (Å²) >= 11 is -4.59. The molecular weight excluding hydrogens is 277 g/mol. The van der Waals surface area contributed by atoms with E-state index in [2.05, 4.69) is 16.7 Å². The van der Waals surface area contributed by atoms with Crippen molar-refractivity contribution in [2.24, 2.45) is 0 Å². The monoisotopic (exact) mass is 282 g/mol. The third-order valence-corrected chi connectivity index (χ3v) is 3.37. The van der Waals surface area contributed by atoms with Crippen LogP contribution in [-0.4, -0.2) is 39.5 Å². The van der Waals surface area contributed by atoms with Crippen LogP contribution in [0, 0.1) is 0 Å². The van der Waals surface area contributed by atoms with Gasteiger partial charge in [0.25, 0.3) is 0 Å². The van der Waals surface area contributed by atoms with E-state index >= 15 is 0 Å². The van der Waals surface area contributed by atoms with Crippen molar-refractivity contribution in [1.82, 2.24) is 0 Å². The topological polar surface area (TPSA) is 71.1 Å². The van der Waals surface area contributed by atoms with Crippen molar-refractivity contribution >= 4 is 22.7 Å². The van der Waals surface area contributed by atoms with Gasteiger partial charge in [-0.2, -0.15) is 21.6 Å². The first-order valence-corrected chi connectivity index (χ1v) is 5.93. The van der Waals surface area contributed by atoms with E-state index in [0.717, 1.165) is 0 Å². The molecule has 2 heterocycles. The molecule has 0 radical (unpaired) electrons. The molecule has 5 unspecified atom stereocenters. The summed E-state index contributed by atoms with van der Waals surface area (Å²) in [4.78, 5) is 0. The lowest BCUT2D eigenvalue weighted by Crippen LogP contribution is -2.45. The van der Waals surface area contributed by atoms with Gasteiger partial charge in [-0.25, -0.2) is 0 Å². The smallest absolute Gasteiger partial charge is 0.266 e. The van der Waals surface area contributed by atoms with Crippen molar-refractivity contribution in [3.8, 4) is 0 Å². The van der Waals surface area contributed by atoms with Crippen molar-refractivity contribution in [2.75, 3.05) is 6.61 Å². The molecule has 16 heavy (non-hydrogen) atoms. The average Bonchev–Trinajstić information content (AvgIpc) is 2.70. The quantitative estimate of drug-likeness (QED) is 0.669. The van der Waals surface area contributed by atoms with Gasteiger partial charge < -0.3 is 0 Å². The fraction of sp³-hybridized carbons (Fsp3) is 1.00. The van der Waals surface area contributed by atoms with E-state index in [0.29, 0.717) is 0 Å². The van der Waals surface area contributed by atoms with E-state index in [1.54, 1.807) is 0 Å². The predicted octanol–water partition coefficient (Wildman–Crippen LogP) is -0.0945. The Labute approximate surface area is 92.7 Å². The third kappa shape index (κ3) is 2.43. The zero-order valence-electron chi connectivity index (χ0n) is 7.34. The van der Waals surface area contributed by atoms with Gasteiger partial charge in [0.1, 0.15) is 12.2 Å². The maximum absolute atomic E-state index is 12.4. The number of rotatable bonds is 1. The van der Waals surface area contributed by atoms with Crippen LogP contribution in [0.1, 0.15) is 0 Å². The molecule has 6 nitrogen and oxygen atoms in total. The molecule has 0 aliphatic carbocycles. The fourth-order valence-corrected chi connectivity index (χ4v) is 2.74. The van der Waals surface area contributed by atoms with E-state index < -0.39 is 47.2 Å². The molecule has 0 aromatic rings. The Morgan fingerprint density at radius 3 is 2.25 bits per heavy atom. The second-order valence-corrected chi connectivity index (χ2v) is 4.58. The number of hydrogen-bond donors (Lipinski definition) is 0. The molecule has 0 bridgehead atoms. The molecule has 5 atom stereocenters. The maximum Gasteiger partial charge on any atom is 0.418 e. The van der Waals surface area contributed by atoms with Crippen LogP contribution in [0.3, 0.4) is 0 Å². The van der Waals surface area contributed by atoms with Crippen LogP contribution >= 0.6 is 0 Å². The molecule has 2 aliphatic heterocycles. The summed E-state index contributed by atoms with van der Waals surface area (Å²) in [6, 6.07) is 0. The molecule has 0 saturated carbocycles.